The maximum absolute atomic E-state index is 12.8. The standard InChI is InChI=1S/C16H28N2O4S2/c1-7-17(8-2)23(19,20)15-12-16(14(6)11-13(15)5)24(21,22)18(9-3)10-4/h11-12H,7-10H2,1-6H3. The van der Waals surface area contributed by atoms with Crippen LogP contribution in [0.1, 0.15) is 38.8 Å². The van der Waals surface area contributed by atoms with Gasteiger partial charge in [0, 0.05) is 26.2 Å². The number of nitrogens with zero attached hydrogens (tertiary/aromatic N) is 2. The van der Waals surface area contributed by atoms with Gasteiger partial charge in [-0.1, -0.05) is 33.8 Å². The second-order valence-corrected chi connectivity index (χ2v) is 9.37. The lowest BCUT2D eigenvalue weighted by atomic mass is 10.2. The molecule has 0 N–H and O–H groups in total. The van der Waals surface area contributed by atoms with E-state index in [0.717, 1.165) is 0 Å². The molecule has 0 spiro atoms. The van der Waals surface area contributed by atoms with Crippen LogP contribution in [-0.4, -0.2) is 51.6 Å². The maximum Gasteiger partial charge on any atom is 0.243 e. The third kappa shape index (κ3) is 3.82. The summed E-state index contributed by atoms with van der Waals surface area (Å²) in [6.45, 7) is 11.8. The van der Waals surface area contributed by atoms with Crippen molar-refractivity contribution in [3.05, 3.63) is 23.3 Å². The molecule has 0 aliphatic heterocycles. The minimum atomic E-state index is -3.72. The van der Waals surface area contributed by atoms with E-state index in [1.807, 2.05) is 0 Å². The van der Waals surface area contributed by atoms with Crippen LogP contribution in [0, 0.1) is 13.8 Å². The van der Waals surface area contributed by atoms with Crippen molar-refractivity contribution in [1.82, 2.24) is 8.61 Å². The molecule has 0 amide bonds. The van der Waals surface area contributed by atoms with Crippen molar-refractivity contribution in [2.24, 2.45) is 0 Å². The summed E-state index contributed by atoms with van der Waals surface area (Å²) in [6, 6.07) is 2.94. The molecule has 0 saturated carbocycles. The summed E-state index contributed by atoms with van der Waals surface area (Å²) in [4.78, 5) is 0.116. The summed E-state index contributed by atoms with van der Waals surface area (Å²) in [5.41, 5.74) is 1.11. The molecule has 24 heavy (non-hydrogen) atoms. The summed E-state index contributed by atoms with van der Waals surface area (Å²) in [7, 11) is -7.44. The lowest BCUT2D eigenvalue weighted by Crippen LogP contribution is -2.33. The number of benzene rings is 1. The molecule has 8 heteroatoms. The van der Waals surface area contributed by atoms with E-state index < -0.39 is 20.0 Å². The Bertz CT molecular complexity index is 715. The highest BCUT2D eigenvalue weighted by Gasteiger charge is 2.29. The molecule has 138 valence electrons. The van der Waals surface area contributed by atoms with Crippen LogP contribution in [0.3, 0.4) is 0 Å². The second kappa shape index (κ2) is 7.95. The summed E-state index contributed by atoms with van der Waals surface area (Å²) < 4.78 is 54.0. The van der Waals surface area contributed by atoms with Crippen LogP contribution in [0.25, 0.3) is 0 Å². The highest BCUT2D eigenvalue weighted by Crippen LogP contribution is 2.28. The Kier molecular flexibility index (Phi) is 6.98. The minimum absolute atomic E-state index is 0.0579. The zero-order valence-electron chi connectivity index (χ0n) is 15.3. The van der Waals surface area contributed by atoms with Crippen LogP contribution in [0.5, 0.6) is 0 Å². The Morgan fingerprint density at radius 1 is 0.667 bits per heavy atom. The molecule has 0 fully saturated rings. The van der Waals surface area contributed by atoms with E-state index >= 15 is 0 Å². The number of rotatable bonds is 8. The first-order chi connectivity index (χ1) is 11.1. The Balaban J connectivity index is 3.66. The first-order valence-electron chi connectivity index (χ1n) is 8.19. The fraction of sp³-hybridized carbons (Fsp3) is 0.625. The smallest absolute Gasteiger partial charge is 0.207 e. The van der Waals surface area contributed by atoms with Gasteiger partial charge in [-0.2, -0.15) is 8.61 Å². The van der Waals surface area contributed by atoms with Gasteiger partial charge >= 0.3 is 0 Å². The number of aryl methyl sites for hydroxylation is 2. The van der Waals surface area contributed by atoms with Crippen LogP contribution in [0.15, 0.2) is 21.9 Å². The minimum Gasteiger partial charge on any atom is -0.207 e. The molecule has 0 aliphatic carbocycles. The molecule has 6 nitrogen and oxygen atoms in total. The average Bonchev–Trinajstić information content (AvgIpc) is 2.48. The monoisotopic (exact) mass is 376 g/mol. The molecule has 0 atom stereocenters. The molecule has 0 unspecified atom stereocenters. The quantitative estimate of drug-likeness (QED) is 0.698. The van der Waals surface area contributed by atoms with Crippen molar-refractivity contribution in [2.75, 3.05) is 26.2 Å². The van der Waals surface area contributed by atoms with Gasteiger partial charge < -0.3 is 0 Å². The van der Waals surface area contributed by atoms with E-state index in [9.17, 15) is 16.8 Å². The molecule has 1 rings (SSSR count). The van der Waals surface area contributed by atoms with Crippen LogP contribution >= 0.6 is 0 Å². The van der Waals surface area contributed by atoms with Gasteiger partial charge in [-0.3, -0.25) is 0 Å². The van der Waals surface area contributed by atoms with Gasteiger partial charge in [0.15, 0.2) is 0 Å². The van der Waals surface area contributed by atoms with Crippen molar-refractivity contribution in [3.63, 3.8) is 0 Å². The first-order valence-corrected chi connectivity index (χ1v) is 11.1. The molecule has 1 aromatic carbocycles. The topological polar surface area (TPSA) is 74.8 Å². The van der Waals surface area contributed by atoms with E-state index in [1.165, 1.54) is 14.7 Å². The highest BCUT2D eigenvalue weighted by atomic mass is 32.2. The molecular weight excluding hydrogens is 348 g/mol. The number of sulfonamides is 2. The Morgan fingerprint density at radius 2 is 0.958 bits per heavy atom. The van der Waals surface area contributed by atoms with Crippen LogP contribution in [0.2, 0.25) is 0 Å². The second-order valence-electron chi connectivity index (χ2n) is 5.56. The SMILES string of the molecule is CCN(CC)S(=O)(=O)c1cc(S(=O)(=O)N(CC)CC)c(C)cc1C. The molecule has 0 saturated heterocycles. The molecule has 1 aromatic rings. The number of hydrogen-bond acceptors (Lipinski definition) is 4. The zero-order chi connectivity index (χ0) is 18.7. The predicted molar refractivity (Wildman–Crippen MR) is 96.1 cm³/mol. The van der Waals surface area contributed by atoms with E-state index in [2.05, 4.69) is 0 Å². The fourth-order valence-electron chi connectivity index (χ4n) is 2.77. The third-order valence-electron chi connectivity index (χ3n) is 4.12. The summed E-state index contributed by atoms with van der Waals surface area (Å²) in [5.74, 6) is 0. The van der Waals surface area contributed by atoms with Crippen molar-refractivity contribution in [1.29, 1.82) is 0 Å². The van der Waals surface area contributed by atoms with E-state index in [1.54, 1.807) is 47.6 Å². The summed E-state index contributed by atoms with van der Waals surface area (Å²) in [6.07, 6.45) is 0. The molecular formula is C16H28N2O4S2. The normalized spacial score (nSPS) is 13.0. The summed E-state index contributed by atoms with van der Waals surface area (Å²) in [5, 5.41) is 0. The van der Waals surface area contributed by atoms with Gasteiger partial charge in [-0.15, -0.1) is 0 Å². The van der Waals surface area contributed by atoms with Gasteiger partial charge in [-0.05, 0) is 31.0 Å². The Hall–Kier alpha value is -0.960. The molecule has 0 bridgehead atoms. The van der Waals surface area contributed by atoms with E-state index in [0.29, 0.717) is 37.3 Å². The van der Waals surface area contributed by atoms with E-state index in [-0.39, 0.29) is 9.79 Å². The predicted octanol–water partition coefficient (Wildman–Crippen LogP) is 2.36. The van der Waals surface area contributed by atoms with Gasteiger partial charge in [0.25, 0.3) is 0 Å². The van der Waals surface area contributed by atoms with Crippen LogP contribution in [0.4, 0.5) is 0 Å². The maximum atomic E-state index is 12.8. The van der Waals surface area contributed by atoms with Gasteiger partial charge in [0.2, 0.25) is 20.0 Å². The highest BCUT2D eigenvalue weighted by molar-refractivity contribution is 7.90. The Morgan fingerprint density at radius 3 is 1.21 bits per heavy atom. The third-order valence-corrected chi connectivity index (χ3v) is 8.50. The fourth-order valence-corrected chi connectivity index (χ4v) is 6.23. The lowest BCUT2D eigenvalue weighted by Gasteiger charge is -2.23. The largest absolute Gasteiger partial charge is 0.243 e. The van der Waals surface area contributed by atoms with Crippen molar-refractivity contribution < 1.29 is 16.8 Å². The molecule has 0 aliphatic rings. The van der Waals surface area contributed by atoms with Gasteiger partial charge in [0.1, 0.15) is 0 Å². The number of hydrogen-bond donors (Lipinski definition) is 0. The van der Waals surface area contributed by atoms with Crippen LogP contribution in [-0.2, 0) is 20.0 Å². The molecule has 0 aromatic heterocycles. The molecule has 0 heterocycles. The lowest BCUT2D eigenvalue weighted by molar-refractivity contribution is 0.442. The van der Waals surface area contributed by atoms with Crippen molar-refractivity contribution >= 4 is 20.0 Å². The summed E-state index contributed by atoms with van der Waals surface area (Å²) >= 11 is 0. The van der Waals surface area contributed by atoms with Gasteiger partial charge in [0.05, 0.1) is 9.79 Å². The Labute approximate surface area is 146 Å². The van der Waals surface area contributed by atoms with Gasteiger partial charge in [-0.25, -0.2) is 16.8 Å². The average molecular weight is 377 g/mol. The zero-order valence-corrected chi connectivity index (χ0v) is 17.0. The van der Waals surface area contributed by atoms with Crippen molar-refractivity contribution in [3.8, 4) is 0 Å². The van der Waals surface area contributed by atoms with Crippen LogP contribution < -0.4 is 0 Å². The van der Waals surface area contributed by atoms with Crippen molar-refractivity contribution in [2.45, 2.75) is 51.3 Å². The molecule has 0 radical (unpaired) electrons. The van der Waals surface area contributed by atoms with E-state index in [4.69, 9.17) is 0 Å². The first kappa shape index (κ1) is 21.1.